The van der Waals surface area contributed by atoms with Crippen LogP contribution in [0.1, 0.15) is 33.4 Å². The van der Waals surface area contributed by atoms with Crippen molar-refractivity contribution in [3.8, 4) is 34.5 Å². The summed E-state index contributed by atoms with van der Waals surface area (Å²) in [6.07, 6.45) is 0.864. The highest BCUT2D eigenvalue weighted by atomic mass is 16.3. The molecule has 0 amide bonds. The number of phenolic OH excluding ortho intramolecular Hbond substituents is 6. The molecule has 6 N–H and O–H groups in total. The molecule has 0 aliphatic heterocycles. The van der Waals surface area contributed by atoms with E-state index in [1.807, 2.05) is 0 Å². The van der Waals surface area contributed by atoms with Crippen LogP contribution in [0.5, 0.6) is 34.5 Å². The smallest absolute Gasteiger partial charge is 0.134 e. The molecule has 0 saturated carbocycles. The number of fused-ring (bicyclic) bond motifs is 1. The molecule has 5 aromatic rings. The molecule has 0 saturated heterocycles. The van der Waals surface area contributed by atoms with Crippen molar-refractivity contribution in [3.63, 3.8) is 0 Å². The van der Waals surface area contributed by atoms with Gasteiger partial charge in [0.15, 0.2) is 0 Å². The molecule has 0 heterocycles. The van der Waals surface area contributed by atoms with E-state index in [0.29, 0.717) is 29.4 Å². The minimum absolute atomic E-state index is 0.0724. The van der Waals surface area contributed by atoms with Crippen molar-refractivity contribution >= 4 is 10.8 Å². The molecule has 5 rings (SSSR count). The first-order valence-corrected chi connectivity index (χ1v) is 11.8. The first-order chi connectivity index (χ1) is 17.8. The van der Waals surface area contributed by atoms with Gasteiger partial charge in [0.25, 0.3) is 0 Å². The lowest BCUT2D eigenvalue weighted by Crippen LogP contribution is -1.99. The van der Waals surface area contributed by atoms with Crippen molar-refractivity contribution in [2.45, 2.75) is 19.3 Å². The third-order valence-electron chi connectivity index (χ3n) is 6.65. The predicted octanol–water partition coefficient (Wildman–Crippen LogP) is 5.85. The number of benzene rings is 5. The molecule has 0 fully saturated rings. The molecule has 0 aliphatic rings. The van der Waals surface area contributed by atoms with E-state index < -0.39 is 0 Å². The van der Waals surface area contributed by atoms with Crippen LogP contribution in [0.2, 0.25) is 0 Å². The van der Waals surface area contributed by atoms with Crippen molar-refractivity contribution in [2.75, 3.05) is 0 Å². The molecular formula is C31H26O6. The van der Waals surface area contributed by atoms with Gasteiger partial charge in [-0.15, -0.1) is 0 Å². The molecule has 0 spiro atoms. The van der Waals surface area contributed by atoms with Gasteiger partial charge >= 0.3 is 0 Å². The number of hydrogen-bond donors (Lipinski definition) is 6. The largest absolute Gasteiger partial charge is 0.508 e. The van der Waals surface area contributed by atoms with Crippen LogP contribution < -0.4 is 0 Å². The maximum atomic E-state index is 11.4. The topological polar surface area (TPSA) is 121 Å². The summed E-state index contributed by atoms with van der Waals surface area (Å²) < 4.78 is 0. The zero-order valence-electron chi connectivity index (χ0n) is 19.9. The van der Waals surface area contributed by atoms with Crippen molar-refractivity contribution in [3.05, 3.63) is 118 Å². The van der Waals surface area contributed by atoms with Gasteiger partial charge in [-0.25, -0.2) is 0 Å². The van der Waals surface area contributed by atoms with Crippen molar-refractivity contribution in [1.82, 2.24) is 0 Å². The summed E-state index contributed by atoms with van der Waals surface area (Å²) in [5.74, 6) is 0.0320. The first kappa shape index (κ1) is 23.9. The zero-order valence-corrected chi connectivity index (χ0v) is 19.9. The van der Waals surface area contributed by atoms with E-state index in [1.165, 1.54) is 12.1 Å². The Kier molecular flexibility index (Phi) is 6.24. The summed E-state index contributed by atoms with van der Waals surface area (Å²) in [5, 5.41) is 63.7. The van der Waals surface area contributed by atoms with E-state index in [2.05, 4.69) is 0 Å². The predicted molar refractivity (Wildman–Crippen MR) is 142 cm³/mol. The molecule has 37 heavy (non-hydrogen) atoms. The molecule has 6 nitrogen and oxygen atoms in total. The van der Waals surface area contributed by atoms with E-state index in [0.717, 1.165) is 16.7 Å². The van der Waals surface area contributed by atoms with E-state index in [4.69, 9.17) is 0 Å². The summed E-state index contributed by atoms with van der Waals surface area (Å²) >= 11 is 0. The Labute approximate surface area is 213 Å². The number of rotatable bonds is 6. The maximum absolute atomic E-state index is 11.4. The third kappa shape index (κ3) is 4.82. The standard InChI is InChI=1S/C31H26O6/c32-22-8-1-18(2-9-22)15-21-7-14-25-26(16-19-3-10-23(33)11-4-19)30(36)27(31(37)28(25)29(21)35)17-20-5-12-24(34)13-6-20/h1-14,32-37H,15-17H2. The van der Waals surface area contributed by atoms with Crippen LogP contribution in [0.15, 0.2) is 84.9 Å². The van der Waals surface area contributed by atoms with Gasteiger partial charge in [-0.2, -0.15) is 0 Å². The fourth-order valence-corrected chi connectivity index (χ4v) is 4.66. The lowest BCUT2D eigenvalue weighted by Gasteiger charge is -2.19. The molecule has 0 unspecified atom stereocenters. The molecular weight excluding hydrogens is 468 g/mol. The Morgan fingerprint density at radius 1 is 0.378 bits per heavy atom. The van der Waals surface area contributed by atoms with Gasteiger partial charge in [-0.05, 0) is 64.0 Å². The Morgan fingerprint density at radius 2 is 0.811 bits per heavy atom. The number of hydrogen-bond acceptors (Lipinski definition) is 6. The van der Waals surface area contributed by atoms with Crippen LogP contribution in [0.25, 0.3) is 10.8 Å². The van der Waals surface area contributed by atoms with Crippen LogP contribution in [0.4, 0.5) is 0 Å². The highest BCUT2D eigenvalue weighted by Crippen LogP contribution is 2.46. The fourth-order valence-electron chi connectivity index (χ4n) is 4.66. The molecule has 0 bridgehead atoms. The van der Waals surface area contributed by atoms with Gasteiger partial charge in [0.2, 0.25) is 0 Å². The Bertz CT molecular complexity index is 1570. The highest BCUT2D eigenvalue weighted by Gasteiger charge is 2.23. The van der Waals surface area contributed by atoms with Gasteiger partial charge in [-0.1, -0.05) is 48.5 Å². The van der Waals surface area contributed by atoms with Gasteiger partial charge in [0, 0.05) is 30.4 Å². The fraction of sp³-hybridized carbons (Fsp3) is 0.0968. The van der Waals surface area contributed by atoms with Crippen LogP contribution in [-0.4, -0.2) is 30.6 Å². The monoisotopic (exact) mass is 494 g/mol. The highest BCUT2D eigenvalue weighted by molar-refractivity contribution is 6.00. The molecule has 0 aliphatic carbocycles. The number of aromatic hydroxyl groups is 6. The summed E-state index contributed by atoms with van der Waals surface area (Å²) in [7, 11) is 0. The maximum Gasteiger partial charge on any atom is 0.134 e. The van der Waals surface area contributed by atoms with Crippen molar-refractivity contribution in [1.29, 1.82) is 0 Å². The normalized spacial score (nSPS) is 11.1. The van der Waals surface area contributed by atoms with Gasteiger partial charge in [0.1, 0.15) is 34.5 Å². The summed E-state index contributed by atoms with van der Waals surface area (Å²) in [5.41, 5.74) is 3.87. The van der Waals surface area contributed by atoms with Gasteiger partial charge in [0.05, 0.1) is 5.39 Å². The lowest BCUT2D eigenvalue weighted by molar-refractivity contribution is 0.437. The van der Waals surface area contributed by atoms with Crippen molar-refractivity contribution in [2.24, 2.45) is 0 Å². The first-order valence-electron chi connectivity index (χ1n) is 11.8. The minimum atomic E-state index is -0.208. The van der Waals surface area contributed by atoms with Crippen molar-refractivity contribution < 1.29 is 30.6 Å². The Balaban J connectivity index is 1.68. The second-order valence-corrected chi connectivity index (χ2v) is 9.18. The molecule has 0 aromatic heterocycles. The van der Waals surface area contributed by atoms with Crippen LogP contribution >= 0.6 is 0 Å². The number of phenols is 6. The van der Waals surface area contributed by atoms with E-state index in [-0.39, 0.29) is 51.9 Å². The van der Waals surface area contributed by atoms with Gasteiger partial charge < -0.3 is 30.6 Å². The lowest BCUT2D eigenvalue weighted by atomic mass is 9.89. The molecule has 6 heteroatoms. The molecule has 5 aromatic carbocycles. The SMILES string of the molecule is Oc1ccc(Cc2ccc3c(Cc4ccc(O)cc4)c(O)c(Cc4ccc(O)cc4)c(O)c3c2O)cc1. The summed E-state index contributed by atoms with van der Waals surface area (Å²) in [6.45, 7) is 0. The van der Waals surface area contributed by atoms with Crippen LogP contribution in [0, 0.1) is 0 Å². The summed E-state index contributed by atoms with van der Waals surface area (Å²) in [6, 6.07) is 23.4. The average molecular weight is 495 g/mol. The average Bonchev–Trinajstić information content (AvgIpc) is 2.89. The molecule has 0 atom stereocenters. The van der Waals surface area contributed by atoms with E-state index in [9.17, 15) is 30.6 Å². The minimum Gasteiger partial charge on any atom is -0.508 e. The second kappa shape index (κ2) is 9.66. The second-order valence-electron chi connectivity index (χ2n) is 9.18. The van der Waals surface area contributed by atoms with Crippen LogP contribution in [-0.2, 0) is 19.3 Å². The van der Waals surface area contributed by atoms with E-state index in [1.54, 1.807) is 72.8 Å². The zero-order chi connectivity index (χ0) is 26.1. The van der Waals surface area contributed by atoms with E-state index >= 15 is 0 Å². The molecule has 0 radical (unpaired) electrons. The third-order valence-corrected chi connectivity index (χ3v) is 6.65. The van der Waals surface area contributed by atoms with Gasteiger partial charge in [-0.3, -0.25) is 0 Å². The quantitative estimate of drug-likeness (QED) is 0.176. The molecule has 186 valence electrons. The Morgan fingerprint density at radius 3 is 1.30 bits per heavy atom. The van der Waals surface area contributed by atoms with Crippen LogP contribution in [0.3, 0.4) is 0 Å². The Hall–Kier alpha value is -4.84. The summed E-state index contributed by atoms with van der Waals surface area (Å²) in [4.78, 5) is 0.